The van der Waals surface area contributed by atoms with Gasteiger partial charge in [-0.2, -0.15) is 0 Å². The lowest BCUT2D eigenvalue weighted by Gasteiger charge is -2.11. The van der Waals surface area contributed by atoms with E-state index in [9.17, 15) is 0 Å². The lowest BCUT2D eigenvalue weighted by atomic mass is 10.1. The van der Waals surface area contributed by atoms with Crippen LogP contribution in [0.1, 0.15) is 16.7 Å². The molecule has 1 N–H and O–H groups in total. The highest BCUT2D eigenvalue weighted by molar-refractivity contribution is 5.91. The Balaban J connectivity index is 2.20. The fourth-order valence-corrected chi connectivity index (χ4v) is 1.75. The smallest absolute Gasteiger partial charge is 0.212 e. The van der Waals surface area contributed by atoms with Crippen molar-refractivity contribution in [3.8, 4) is 11.5 Å². The lowest BCUT2D eigenvalue weighted by Crippen LogP contribution is -2.00. The summed E-state index contributed by atoms with van der Waals surface area (Å²) in [6.45, 7) is 4.10. The van der Waals surface area contributed by atoms with Crippen molar-refractivity contribution in [3.05, 3.63) is 59.2 Å². The number of rotatable bonds is 3. The van der Waals surface area contributed by atoms with Crippen molar-refractivity contribution in [2.24, 2.45) is 0 Å². The van der Waals surface area contributed by atoms with E-state index in [1.165, 1.54) is 12.7 Å². The quantitative estimate of drug-likeness (QED) is 0.663. The first kappa shape index (κ1) is 13.1. The zero-order chi connectivity index (χ0) is 13.8. The molecule has 0 aliphatic heterocycles. The molecule has 0 heterocycles. The maximum absolute atomic E-state index is 7.57. The van der Waals surface area contributed by atoms with Crippen LogP contribution in [-0.4, -0.2) is 13.0 Å². The Hall–Kier alpha value is -2.29. The summed E-state index contributed by atoms with van der Waals surface area (Å²) in [5, 5.41) is 7.57. The fourth-order valence-electron chi connectivity index (χ4n) is 1.75. The fraction of sp³-hybridized carbons (Fsp3) is 0.188. The summed E-state index contributed by atoms with van der Waals surface area (Å²) in [4.78, 5) is 0. The molecule has 3 heteroatoms. The number of methoxy groups -OCH3 is 1. The van der Waals surface area contributed by atoms with E-state index >= 15 is 0 Å². The van der Waals surface area contributed by atoms with E-state index in [0.717, 1.165) is 22.6 Å². The first-order valence-electron chi connectivity index (χ1n) is 6.09. The number of hydrogen-bond donors (Lipinski definition) is 1. The number of aryl methyl sites for hydroxylation is 1. The molecule has 0 saturated carbocycles. The normalized spacial score (nSPS) is 10.1. The van der Waals surface area contributed by atoms with Gasteiger partial charge in [0, 0.05) is 5.56 Å². The largest absolute Gasteiger partial charge is 0.481 e. The molecule has 0 amide bonds. The maximum Gasteiger partial charge on any atom is 0.212 e. The molecule has 0 unspecified atom stereocenters. The van der Waals surface area contributed by atoms with Crippen molar-refractivity contribution in [2.75, 3.05) is 7.11 Å². The molecule has 0 aromatic heterocycles. The van der Waals surface area contributed by atoms with Crippen LogP contribution in [-0.2, 0) is 4.74 Å². The van der Waals surface area contributed by atoms with Gasteiger partial charge in [-0.05, 0) is 55.3 Å². The third-order valence-electron chi connectivity index (χ3n) is 3.10. The average molecular weight is 255 g/mol. The summed E-state index contributed by atoms with van der Waals surface area (Å²) in [7, 11) is 1.49. The summed E-state index contributed by atoms with van der Waals surface area (Å²) in [5.41, 5.74) is 3.07. The van der Waals surface area contributed by atoms with Gasteiger partial charge in [0.15, 0.2) is 0 Å². The van der Waals surface area contributed by atoms with Gasteiger partial charge in [-0.1, -0.05) is 12.1 Å². The van der Waals surface area contributed by atoms with Gasteiger partial charge in [-0.25, -0.2) is 0 Å². The summed E-state index contributed by atoms with van der Waals surface area (Å²) in [5.74, 6) is 1.76. The van der Waals surface area contributed by atoms with Crippen LogP contribution in [0.15, 0.2) is 42.5 Å². The zero-order valence-electron chi connectivity index (χ0n) is 11.4. The third kappa shape index (κ3) is 2.94. The van der Waals surface area contributed by atoms with Crippen LogP contribution >= 0.6 is 0 Å². The molecule has 2 aromatic rings. The second-order valence-electron chi connectivity index (χ2n) is 4.36. The Morgan fingerprint density at radius 3 is 2.32 bits per heavy atom. The summed E-state index contributed by atoms with van der Waals surface area (Å²) in [6.07, 6.45) is 0. The lowest BCUT2D eigenvalue weighted by molar-refractivity contribution is 0.401. The van der Waals surface area contributed by atoms with Gasteiger partial charge >= 0.3 is 0 Å². The molecule has 0 atom stereocenters. The van der Waals surface area contributed by atoms with Gasteiger partial charge in [0.1, 0.15) is 11.5 Å². The molecule has 2 aromatic carbocycles. The number of nitrogens with one attached hydrogen (secondary N) is 1. The molecule has 0 bridgehead atoms. The number of hydrogen-bond acceptors (Lipinski definition) is 3. The second-order valence-corrected chi connectivity index (χ2v) is 4.36. The molecule has 0 saturated heterocycles. The SMILES string of the molecule is COC(=N)c1ccc(Oc2cccc(C)c2C)cc1. The van der Waals surface area contributed by atoms with Crippen LogP contribution in [0.25, 0.3) is 0 Å². The average Bonchev–Trinajstić information content (AvgIpc) is 2.44. The molecule has 0 radical (unpaired) electrons. The molecule has 0 fully saturated rings. The van der Waals surface area contributed by atoms with Gasteiger partial charge in [-0.15, -0.1) is 0 Å². The molecule has 0 aliphatic carbocycles. The Labute approximate surface area is 113 Å². The highest BCUT2D eigenvalue weighted by Gasteiger charge is 2.05. The predicted octanol–water partition coefficient (Wildman–Crippen LogP) is 4.07. The monoisotopic (exact) mass is 255 g/mol. The molecular formula is C16H17NO2. The van der Waals surface area contributed by atoms with Gasteiger partial charge in [0.2, 0.25) is 5.90 Å². The molecule has 3 nitrogen and oxygen atoms in total. The Morgan fingerprint density at radius 1 is 1.00 bits per heavy atom. The predicted molar refractivity (Wildman–Crippen MR) is 76.3 cm³/mol. The third-order valence-corrected chi connectivity index (χ3v) is 3.10. The van der Waals surface area contributed by atoms with Crippen molar-refractivity contribution in [3.63, 3.8) is 0 Å². The topological polar surface area (TPSA) is 42.3 Å². The summed E-state index contributed by atoms with van der Waals surface area (Å²) < 4.78 is 10.7. The van der Waals surface area contributed by atoms with Gasteiger partial charge < -0.3 is 9.47 Å². The molecule has 98 valence electrons. The molecule has 0 aliphatic rings. The number of benzene rings is 2. The van der Waals surface area contributed by atoms with Crippen molar-refractivity contribution < 1.29 is 9.47 Å². The summed E-state index contributed by atoms with van der Waals surface area (Å²) in [6, 6.07) is 13.3. The Kier molecular flexibility index (Phi) is 3.85. The van der Waals surface area contributed by atoms with E-state index in [2.05, 4.69) is 13.0 Å². The molecular weight excluding hydrogens is 238 g/mol. The van der Waals surface area contributed by atoms with Crippen LogP contribution < -0.4 is 4.74 Å². The molecule has 19 heavy (non-hydrogen) atoms. The van der Waals surface area contributed by atoms with E-state index in [4.69, 9.17) is 14.9 Å². The van der Waals surface area contributed by atoms with E-state index in [1.807, 2.05) is 43.3 Å². The van der Waals surface area contributed by atoms with Gasteiger partial charge in [-0.3, -0.25) is 5.41 Å². The van der Waals surface area contributed by atoms with Crippen molar-refractivity contribution in [1.82, 2.24) is 0 Å². The minimum absolute atomic E-state index is 0.151. The van der Waals surface area contributed by atoms with Crippen LogP contribution in [0.4, 0.5) is 0 Å². The van der Waals surface area contributed by atoms with Crippen LogP contribution in [0.3, 0.4) is 0 Å². The molecule has 0 spiro atoms. The van der Waals surface area contributed by atoms with Crippen molar-refractivity contribution in [1.29, 1.82) is 5.41 Å². The van der Waals surface area contributed by atoms with E-state index < -0.39 is 0 Å². The maximum atomic E-state index is 7.57. The minimum atomic E-state index is 0.151. The zero-order valence-corrected chi connectivity index (χ0v) is 11.4. The standard InChI is InChI=1S/C16H17NO2/c1-11-5-4-6-15(12(11)2)19-14-9-7-13(8-10-14)16(17)18-3/h4-10,17H,1-3H3. The van der Waals surface area contributed by atoms with Crippen molar-refractivity contribution in [2.45, 2.75) is 13.8 Å². The van der Waals surface area contributed by atoms with E-state index in [1.54, 1.807) is 0 Å². The number of ether oxygens (including phenoxy) is 2. The van der Waals surface area contributed by atoms with E-state index in [0.29, 0.717) is 0 Å². The first-order chi connectivity index (χ1) is 9.11. The summed E-state index contributed by atoms with van der Waals surface area (Å²) >= 11 is 0. The van der Waals surface area contributed by atoms with Gasteiger partial charge in [0.25, 0.3) is 0 Å². The van der Waals surface area contributed by atoms with Gasteiger partial charge in [0.05, 0.1) is 7.11 Å². The first-order valence-corrected chi connectivity index (χ1v) is 6.09. The Morgan fingerprint density at radius 2 is 1.68 bits per heavy atom. The highest BCUT2D eigenvalue weighted by Crippen LogP contribution is 2.26. The second kappa shape index (κ2) is 5.57. The molecule has 2 rings (SSSR count). The van der Waals surface area contributed by atoms with Crippen molar-refractivity contribution >= 4 is 5.90 Å². The minimum Gasteiger partial charge on any atom is -0.481 e. The van der Waals surface area contributed by atoms with E-state index in [-0.39, 0.29) is 5.90 Å². The van der Waals surface area contributed by atoms with Crippen LogP contribution in [0.5, 0.6) is 11.5 Å². The van der Waals surface area contributed by atoms with Crippen LogP contribution in [0.2, 0.25) is 0 Å². The Bertz CT molecular complexity index is 588. The highest BCUT2D eigenvalue weighted by atomic mass is 16.5. The van der Waals surface area contributed by atoms with Crippen LogP contribution in [0, 0.1) is 19.3 Å².